The molecule has 6 nitrogen and oxygen atoms in total. The molecule has 19 heavy (non-hydrogen) atoms. The summed E-state index contributed by atoms with van der Waals surface area (Å²) in [6.45, 7) is 0. The molecular weight excluding hydrogens is 264 g/mol. The Kier molecular flexibility index (Phi) is 3.20. The maximum atomic E-state index is 10.7. The zero-order valence-electron chi connectivity index (χ0n) is 10.1. The summed E-state index contributed by atoms with van der Waals surface area (Å²) >= 11 is 1.24. The zero-order valence-corrected chi connectivity index (χ0v) is 10.9. The molecule has 1 fully saturated rings. The predicted molar refractivity (Wildman–Crippen MR) is 69.5 cm³/mol. The standard InChI is InChI=1S/C12H12N4O2S/c17-11(18)7-19-10-6-9(8-2-3-8)15-16(10)12-13-4-1-5-14-12/h1,4-6,8H,2-3,7H2,(H,17,18). The number of carboxylic acid groups (broad SMARTS) is 1. The topological polar surface area (TPSA) is 80.9 Å². The summed E-state index contributed by atoms with van der Waals surface area (Å²) in [6.07, 6.45) is 5.59. The molecular formula is C12H12N4O2S. The van der Waals surface area contributed by atoms with E-state index in [9.17, 15) is 4.79 Å². The van der Waals surface area contributed by atoms with E-state index in [0.717, 1.165) is 23.6 Å². The van der Waals surface area contributed by atoms with Gasteiger partial charge in [-0.15, -0.1) is 0 Å². The molecule has 7 heteroatoms. The van der Waals surface area contributed by atoms with Gasteiger partial charge in [0.1, 0.15) is 5.03 Å². The van der Waals surface area contributed by atoms with Gasteiger partial charge >= 0.3 is 5.97 Å². The first-order valence-electron chi connectivity index (χ1n) is 5.96. The summed E-state index contributed by atoms with van der Waals surface area (Å²) in [4.78, 5) is 19.0. The van der Waals surface area contributed by atoms with Gasteiger partial charge in [-0.3, -0.25) is 4.79 Å². The van der Waals surface area contributed by atoms with Crippen molar-refractivity contribution in [3.05, 3.63) is 30.2 Å². The number of aromatic nitrogens is 4. The highest BCUT2D eigenvalue weighted by molar-refractivity contribution is 7.99. The van der Waals surface area contributed by atoms with E-state index in [2.05, 4.69) is 15.1 Å². The average molecular weight is 276 g/mol. The van der Waals surface area contributed by atoms with Crippen molar-refractivity contribution in [3.63, 3.8) is 0 Å². The second-order valence-electron chi connectivity index (χ2n) is 4.32. The normalized spacial score (nSPS) is 14.5. The summed E-state index contributed by atoms with van der Waals surface area (Å²) in [5, 5.41) is 14.1. The number of thioether (sulfide) groups is 1. The molecule has 2 aromatic rings. The number of carbonyl (C=O) groups is 1. The van der Waals surface area contributed by atoms with Gasteiger partial charge in [0.25, 0.3) is 5.95 Å². The molecule has 2 aromatic heterocycles. The lowest BCUT2D eigenvalue weighted by Gasteiger charge is -2.03. The third-order valence-electron chi connectivity index (χ3n) is 2.78. The number of rotatable bonds is 5. The molecule has 98 valence electrons. The Balaban J connectivity index is 1.93. The molecule has 0 atom stereocenters. The van der Waals surface area contributed by atoms with E-state index in [1.807, 2.05) is 6.07 Å². The average Bonchev–Trinajstić information content (AvgIpc) is 3.18. The van der Waals surface area contributed by atoms with E-state index in [4.69, 9.17) is 5.11 Å². The van der Waals surface area contributed by atoms with E-state index in [1.165, 1.54) is 11.8 Å². The monoisotopic (exact) mass is 276 g/mol. The lowest BCUT2D eigenvalue weighted by atomic mass is 10.3. The van der Waals surface area contributed by atoms with Crippen molar-refractivity contribution < 1.29 is 9.90 Å². The molecule has 2 heterocycles. The second kappa shape index (κ2) is 5.00. The third kappa shape index (κ3) is 2.76. The molecule has 1 aliphatic rings. The predicted octanol–water partition coefficient (Wildman–Crippen LogP) is 1.72. The van der Waals surface area contributed by atoms with E-state index in [-0.39, 0.29) is 5.75 Å². The molecule has 1 aliphatic carbocycles. The van der Waals surface area contributed by atoms with Gasteiger partial charge in [0, 0.05) is 18.3 Å². The Hall–Kier alpha value is -1.89. The van der Waals surface area contributed by atoms with Crippen LogP contribution < -0.4 is 0 Å². The molecule has 0 unspecified atom stereocenters. The fourth-order valence-electron chi connectivity index (χ4n) is 1.74. The quantitative estimate of drug-likeness (QED) is 0.837. The van der Waals surface area contributed by atoms with Gasteiger partial charge in [0.2, 0.25) is 0 Å². The van der Waals surface area contributed by atoms with Crippen LogP contribution in [-0.4, -0.2) is 36.6 Å². The van der Waals surface area contributed by atoms with Gasteiger partial charge in [-0.05, 0) is 25.0 Å². The zero-order chi connectivity index (χ0) is 13.2. The van der Waals surface area contributed by atoms with Crippen molar-refractivity contribution in [1.82, 2.24) is 19.7 Å². The molecule has 0 aromatic carbocycles. The minimum absolute atomic E-state index is 0.00261. The molecule has 0 amide bonds. The highest BCUT2D eigenvalue weighted by Gasteiger charge is 2.28. The fourth-order valence-corrected chi connectivity index (χ4v) is 2.46. The smallest absolute Gasteiger partial charge is 0.313 e. The first kappa shape index (κ1) is 12.2. The molecule has 0 saturated heterocycles. The van der Waals surface area contributed by atoms with Crippen molar-refractivity contribution in [2.45, 2.75) is 23.8 Å². The van der Waals surface area contributed by atoms with Crippen LogP contribution in [0.15, 0.2) is 29.6 Å². The van der Waals surface area contributed by atoms with Crippen molar-refractivity contribution in [3.8, 4) is 5.95 Å². The van der Waals surface area contributed by atoms with Gasteiger partial charge in [0.05, 0.1) is 11.4 Å². The van der Waals surface area contributed by atoms with Crippen molar-refractivity contribution in [2.75, 3.05) is 5.75 Å². The highest BCUT2D eigenvalue weighted by Crippen LogP contribution is 2.40. The number of hydrogen-bond acceptors (Lipinski definition) is 5. The third-order valence-corrected chi connectivity index (χ3v) is 3.75. The Labute approximate surface area is 113 Å². The van der Waals surface area contributed by atoms with Crippen LogP contribution in [-0.2, 0) is 4.79 Å². The summed E-state index contributed by atoms with van der Waals surface area (Å²) < 4.78 is 1.63. The Morgan fingerprint density at radius 3 is 2.79 bits per heavy atom. The van der Waals surface area contributed by atoms with E-state index >= 15 is 0 Å². The van der Waals surface area contributed by atoms with E-state index in [0.29, 0.717) is 11.9 Å². The summed E-state index contributed by atoms with van der Waals surface area (Å²) in [6, 6.07) is 3.68. The fraction of sp³-hybridized carbons (Fsp3) is 0.333. The first-order valence-corrected chi connectivity index (χ1v) is 6.94. The lowest BCUT2D eigenvalue weighted by Crippen LogP contribution is -2.05. The summed E-state index contributed by atoms with van der Waals surface area (Å²) in [5.41, 5.74) is 1.00. The maximum Gasteiger partial charge on any atom is 0.313 e. The number of aliphatic carboxylic acids is 1. The van der Waals surface area contributed by atoms with Crippen LogP contribution in [0.5, 0.6) is 0 Å². The Morgan fingerprint density at radius 2 is 2.16 bits per heavy atom. The molecule has 0 bridgehead atoms. The van der Waals surface area contributed by atoms with Gasteiger partial charge in [-0.25, -0.2) is 9.97 Å². The van der Waals surface area contributed by atoms with Gasteiger partial charge in [0.15, 0.2) is 0 Å². The van der Waals surface area contributed by atoms with Gasteiger partial charge < -0.3 is 5.11 Å². The van der Waals surface area contributed by atoms with Gasteiger partial charge in [-0.2, -0.15) is 9.78 Å². The van der Waals surface area contributed by atoms with Crippen LogP contribution in [0.2, 0.25) is 0 Å². The summed E-state index contributed by atoms with van der Waals surface area (Å²) in [5.74, 6) is 0.138. The number of hydrogen-bond donors (Lipinski definition) is 1. The second-order valence-corrected chi connectivity index (χ2v) is 5.32. The van der Waals surface area contributed by atoms with E-state index < -0.39 is 5.97 Å². The highest BCUT2D eigenvalue weighted by atomic mass is 32.2. The van der Waals surface area contributed by atoms with Gasteiger partial charge in [-0.1, -0.05) is 11.8 Å². The maximum absolute atomic E-state index is 10.7. The van der Waals surface area contributed by atoms with Crippen LogP contribution in [0.25, 0.3) is 5.95 Å². The minimum atomic E-state index is -0.847. The van der Waals surface area contributed by atoms with Crippen molar-refractivity contribution in [1.29, 1.82) is 0 Å². The van der Waals surface area contributed by atoms with E-state index in [1.54, 1.807) is 23.1 Å². The number of nitrogens with zero attached hydrogens (tertiary/aromatic N) is 4. The van der Waals surface area contributed by atoms with Crippen molar-refractivity contribution >= 4 is 17.7 Å². The molecule has 3 rings (SSSR count). The molecule has 0 spiro atoms. The van der Waals surface area contributed by atoms with Crippen LogP contribution in [0.4, 0.5) is 0 Å². The van der Waals surface area contributed by atoms with Crippen LogP contribution in [0.3, 0.4) is 0 Å². The molecule has 1 N–H and O–H groups in total. The number of carboxylic acids is 1. The Morgan fingerprint density at radius 1 is 1.42 bits per heavy atom. The van der Waals surface area contributed by atoms with Crippen LogP contribution in [0, 0.1) is 0 Å². The first-order chi connectivity index (χ1) is 9.24. The molecule has 0 radical (unpaired) electrons. The molecule has 1 saturated carbocycles. The minimum Gasteiger partial charge on any atom is -0.481 e. The SMILES string of the molecule is O=C(O)CSc1cc(C2CC2)nn1-c1ncccn1. The van der Waals surface area contributed by atoms with Crippen molar-refractivity contribution in [2.24, 2.45) is 0 Å². The van der Waals surface area contributed by atoms with Crippen LogP contribution in [0.1, 0.15) is 24.5 Å². The Bertz CT molecular complexity index is 595. The van der Waals surface area contributed by atoms with Crippen LogP contribution >= 0.6 is 11.8 Å². The summed E-state index contributed by atoms with van der Waals surface area (Å²) in [7, 11) is 0. The molecule has 0 aliphatic heterocycles. The lowest BCUT2D eigenvalue weighted by molar-refractivity contribution is -0.133. The largest absolute Gasteiger partial charge is 0.481 e.